The monoisotopic (exact) mass is 1680 g/mol. The minimum absolute atomic E-state index is 0.0189. The molecular formula is C93H51F24N4+3. The van der Waals surface area contributed by atoms with Crippen molar-refractivity contribution >= 4 is 0 Å². The number of hydrogen-bond donors (Lipinski definition) is 4. The van der Waals surface area contributed by atoms with Gasteiger partial charge in [0, 0.05) is 69.8 Å². The molecule has 4 heterocycles. The van der Waals surface area contributed by atoms with Gasteiger partial charge in [0.15, 0.2) is 0 Å². The average molecular weight is 1680 g/mol. The quantitative estimate of drug-likeness (QED) is 0.0737. The van der Waals surface area contributed by atoms with E-state index in [0.717, 1.165) is 97.1 Å². The molecule has 8 bridgehead atoms. The van der Waals surface area contributed by atoms with Gasteiger partial charge < -0.3 is 19.9 Å². The number of fused-ring (bicyclic) bond motifs is 13. The molecule has 4 N–H and O–H groups in total. The van der Waals surface area contributed by atoms with Crippen molar-refractivity contribution in [1.82, 2.24) is 19.9 Å². The molecule has 0 saturated carbocycles. The predicted molar refractivity (Wildman–Crippen MR) is 407 cm³/mol. The van der Waals surface area contributed by atoms with Gasteiger partial charge in [0.25, 0.3) is 0 Å². The largest absolute Gasteiger partial charge is 0.416 e. The van der Waals surface area contributed by atoms with E-state index in [-0.39, 0.29) is 169 Å². The molecule has 0 saturated heterocycles. The van der Waals surface area contributed by atoms with E-state index in [9.17, 15) is 0 Å². The summed E-state index contributed by atoms with van der Waals surface area (Å²) in [6, 6.07) is 48.7. The third-order valence-corrected chi connectivity index (χ3v) is 20.9. The van der Waals surface area contributed by atoms with Crippen molar-refractivity contribution in [3.63, 3.8) is 0 Å². The van der Waals surface area contributed by atoms with Crippen LogP contribution in [0.5, 0.6) is 0 Å². The summed E-state index contributed by atoms with van der Waals surface area (Å²) in [4.78, 5) is 14.0. The lowest BCUT2D eigenvalue weighted by Crippen LogP contribution is -2.12. The molecule has 0 amide bonds. The molecule has 11 aromatic carbocycles. The van der Waals surface area contributed by atoms with Crippen LogP contribution in [0.2, 0.25) is 0 Å². The molecule has 0 radical (unpaired) electrons. The molecule has 0 unspecified atom stereocenters. The molecule has 121 heavy (non-hydrogen) atoms. The van der Waals surface area contributed by atoms with Crippen LogP contribution in [-0.4, -0.2) is 19.9 Å². The Morgan fingerprint density at radius 1 is 0.149 bits per heavy atom. The van der Waals surface area contributed by atoms with Gasteiger partial charge in [-0.15, -0.1) is 0 Å². The van der Waals surface area contributed by atoms with Gasteiger partial charge in [-0.25, -0.2) is 0 Å². The Hall–Kier alpha value is -13.5. The number of nitrogens with one attached hydrogen (secondary N) is 4. The van der Waals surface area contributed by atoms with Crippen molar-refractivity contribution in [2.45, 2.75) is 49.4 Å². The van der Waals surface area contributed by atoms with Crippen LogP contribution < -0.4 is 0 Å². The molecular weight excluding hydrogens is 1630 g/mol. The number of aromatic amines is 4. The van der Waals surface area contributed by atoms with E-state index in [4.69, 9.17) is 0 Å². The smallest absolute Gasteiger partial charge is 0.338 e. The van der Waals surface area contributed by atoms with Gasteiger partial charge in [-0.1, -0.05) is 24.3 Å². The van der Waals surface area contributed by atoms with Gasteiger partial charge in [0.05, 0.1) is 94.8 Å². The highest BCUT2D eigenvalue weighted by atomic mass is 19.4. The van der Waals surface area contributed by atoms with Crippen LogP contribution in [0.3, 0.4) is 0 Å². The van der Waals surface area contributed by atoms with E-state index >= 15 is 105 Å². The van der Waals surface area contributed by atoms with Crippen LogP contribution in [0.4, 0.5) is 105 Å². The van der Waals surface area contributed by atoms with E-state index in [2.05, 4.69) is 19.9 Å². The first-order valence-corrected chi connectivity index (χ1v) is 36.3. The summed E-state index contributed by atoms with van der Waals surface area (Å²) in [5, 5.41) is 0. The molecule has 608 valence electrons. The third kappa shape index (κ3) is 15.4. The van der Waals surface area contributed by atoms with Crippen molar-refractivity contribution in [1.29, 1.82) is 0 Å². The summed E-state index contributed by atoms with van der Waals surface area (Å²) < 4.78 is 364. The molecule has 1 aliphatic carbocycles. The summed E-state index contributed by atoms with van der Waals surface area (Å²) >= 11 is 0. The number of aromatic nitrogens is 4. The van der Waals surface area contributed by atoms with E-state index < -0.39 is 93.9 Å². The van der Waals surface area contributed by atoms with Crippen molar-refractivity contribution in [3.8, 4) is 100 Å². The molecule has 0 fully saturated rings. The normalized spacial score (nSPS) is 13.2. The van der Waals surface area contributed by atoms with Crippen molar-refractivity contribution in [2.24, 2.45) is 0 Å². The molecule has 4 aromatic heterocycles. The topological polar surface area (TPSA) is 63.2 Å². The number of halogens is 24. The second-order valence-corrected chi connectivity index (χ2v) is 28.3. The van der Waals surface area contributed by atoms with Gasteiger partial charge in [-0.2, -0.15) is 105 Å². The minimum atomic E-state index is -5.10. The fraction of sp³-hybridized carbons (Fsp3) is 0.0860. The average Bonchev–Trinajstić information content (AvgIpc) is 1.54. The number of H-pyrrole nitrogens is 4. The van der Waals surface area contributed by atoms with Gasteiger partial charge in [-0.05, 0) is 236 Å². The molecule has 16 rings (SSSR count). The Morgan fingerprint density at radius 2 is 0.281 bits per heavy atom. The van der Waals surface area contributed by atoms with Crippen LogP contribution in [0.25, 0.3) is 100 Å². The highest BCUT2D eigenvalue weighted by molar-refractivity contribution is 6.06. The minimum Gasteiger partial charge on any atom is -0.338 e. The SMILES string of the molecule is FC(F)(F)c1ccc(-c2c3[nH]c(c2-c2ccc(C(F)(F)F)cc2)[C+](c2ccccc2)c2[nH]c(c(-c4ccc(C(F)(F)F)cc4)c2-c2ccc(C(F)(F)F)cc2)[C+](c2ccccc2)c2[nH]c(c(-c4ccc(C(F)(F)F)cc4)c2-c2ccc(C(F)(F)F)cc2)[C+](c2ccccc2)c2[nH]c-3c(-c3ccc(C(F)(F)F)cc3)c2-c2ccc(C(F)(F)F)cc2)cc1. The molecule has 28 heteroatoms. The van der Waals surface area contributed by atoms with Crippen LogP contribution >= 0.6 is 0 Å². The summed E-state index contributed by atoms with van der Waals surface area (Å²) in [6.45, 7) is 0. The summed E-state index contributed by atoms with van der Waals surface area (Å²) in [5.41, 5.74) is -16.4. The molecule has 0 aliphatic heterocycles. The van der Waals surface area contributed by atoms with E-state index in [1.54, 1.807) is 0 Å². The first-order valence-electron chi connectivity index (χ1n) is 36.3. The summed E-state index contributed by atoms with van der Waals surface area (Å²) in [7, 11) is 0. The summed E-state index contributed by atoms with van der Waals surface area (Å²) in [6.07, 6.45) is -40.7. The van der Waals surface area contributed by atoms with Gasteiger partial charge in [0.1, 0.15) is 74.2 Å². The molecule has 0 atom stereocenters. The fourth-order valence-corrected chi connectivity index (χ4v) is 15.5. The highest BCUT2D eigenvalue weighted by Crippen LogP contribution is 2.59. The van der Waals surface area contributed by atoms with Crippen LogP contribution in [0.15, 0.2) is 285 Å². The molecule has 15 aromatic rings. The van der Waals surface area contributed by atoms with E-state index in [1.165, 1.54) is 91.0 Å². The molecule has 0 spiro atoms. The fourth-order valence-electron chi connectivity index (χ4n) is 15.5. The van der Waals surface area contributed by atoms with Crippen LogP contribution in [0, 0.1) is 17.8 Å². The Morgan fingerprint density at radius 3 is 0.430 bits per heavy atom. The predicted octanol–water partition coefficient (Wildman–Crippen LogP) is 29.5. The first-order chi connectivity index (χ1) is 57.1. The number of benzene rings is 11. The van der Waals surface area contributed by atoms with E-state index in [0.29, 0.717) is 97.1 Å². The zero-order valence-electron chi connectivity index (χ0n) is 61.2. The Labute approximate surface area is 670 Å². The lowest BCUT2D eigenvalue weighted by molar-refractivity contribution is -0.138. The standard InChI is InChI=1S/C93H51F24N4/c94-86(95,96)59-32-16-51(17-33-59)67-69(53-20-36-61(37-21-53)88(100,101)102)80-76(49-12-6-2-7-13-49)82-71(55-24-40-63(41-25-55)90(106,107)108)73(57-28-44-65(45-29-57)92(112,113)114)84(120-82)85-74(58-30-46-66(47-31-58)93(115,116)117)72(56-26-42-64(43-27-56)91(109,110)111)83(121-85)77(50-14-8-3-9-15-50)81-70(54-22-38-62(39-23-54)89(103,104)105)68(52-18-34-60(35-19-52)87(97,98)99)79(119-81)75(78(67)118-80)48-10-4-1-5-11-48/h1-47,118-121H/q+3. The van der Waals surface area contributed by atoms with Crippen molar-refractivity contribution in [2.75, 3.05) is 0 Å². The van der Waals surface area contributed by atoms with Gasteiger partial charge >= 0.3 is 49.4 Å². The van der Waals surface area contributed by atoms with Gasteiger partial charge in [-0.3, -0.25) is 0 Å². The maximum absolute atomic E-state index is 15.2. The second kappa shape index (κ2) is 29.8. The molecule has 1 aliphatic rings. The number of hydrogen-bond acceptors (Lipinski definition) is 0. The van der Waals surface area contributed by atoms with Crippen molar-refractivity contribution < 1.29 is 105 Å². The zero-order chi connectivity index (χ0) is 86.0. The van der Waals surface area contributed by atoms with E-state index in [1.807, 2.05) is 0 Å². The Balaban J connectivity index is 1.23. The first kappa shape index (κ1) is 81.2. The molecule has 4 nitrogen and oxygen atoms in total. The maximum Gasteiger partial charge on any atom is 0.416 e. The van der Waals surface area contributed by atoms with Gasteiger partial charge in [0.2, 0.25) is 0 Å². The maximum atomic E-state index is 15.2. The zero-order valence-corrected chi connectivity index (χ0v) is 61.2. The summed E-state index contributed by atoms with van der Waals surface area (Å²) in [5.74, 6) is -0.607. The highest BCUT2D eigenvalue weighted by Gasteiger charge is 2.50. The lowest BCUT2D eigenvalue weighted by atomic mass is 9.80. The second-order valence-electron chi connectivity index (χ2n) is 28.3. The van der Waals surface area contributed by atoms with Crippen LogP contribution in [0.1, 0.15) is 95.4 Å². The Kier molecular flexibility index (Phi) is 20.0. The Bertz CT molecular complexity index is 5910. The number of alkyl halides is 24. The lowest BCUT2D eigenvalue weighted by Gasteiger charge is -2.16. The van der Waals surface area contributed by atoms with Crippen molar-refractivity contribution in [3.05, 3.63) is 398 Å². The number of rotatable bonds is 11. The third-order valence-electron chi connectivity index (χ3n) is 20.9. The van der Waals surface area contributed by atoms with Crippen LogP contribution in [-0.2, 0) is 49.4 Å².